The van der Waals surface area contributed by atoms with E-state index in [2.05, 4.69) is 20.8 Å². The standard InChI is InChI=1S/C19H17F2N5O3/c1-12(18(27)23-14-7-8-15(20)16(21)10-14)29-19(28)17(26-11-22-24-25-26)9-13-5-3-2-4-6-13/h2-8,10-12,17H,9H2,1H3,(H,23,27)/t12-,17-/m0/s1. The third-order valence-corrected chi connectivity index (χ3v) is 4.08. The molecule has 0 saturated carbocycles. The molecule has 0 fully saturated rings. The van der Waals surface area contributed by atoms with Crippen LogP contribution < -0.4 is 5.32 Å². The minimum absolute atomic E-state index is 0.0399. The molecule has 0 aliphatic rings. The molecule has 3 rings (SSSR count). The second-order valence-electron chi connectivity index (χ2n) is 6.19. The molecule has 0 radical (unpaired) electrons. The molecule has 0 unspecified atom stereocenters. The van der Waals surface area contributed by atoms with Crippen molar-refractivity contribution in [1.29, 1.82) is 0 Å². The number of anilines is 1. The lowest BCUT2D eigenvalue weighted by atomic mass is 10.1. The fourth-order valence-corrected chi connectivity index (χ4v) is 2.56. The van der Waals surface area contributed by atoms with Gasteiger partial charge in [0.05, 0.1) is 0 Å². The molecule has 8 nitrogen and oxygen atoms in total. The van der Waals surface area contributed by atoms with Crippen LogP contribution >= 0.6 is 0 Å². The van der Waals surface area contributed by atoms with Crippen molar-refractivity contribution in [3.05, 3.63) is 72.1 Å². The predicted molar refractivity (Wildman–Crippen MR) is 97.5 cm³/mol. The molecule has 10 heteroatoms. The molecule has 2 atom stereocenters. The first-order valence-corrected chi connectivity index (χ1v) is 8.67. The van der Waals surface area contributed by atoms with Crippen LogP contribution in [0.25, 0.3) is 0 Å². The second-order valence-corrected chi connectivity index (χ2v) is 6.19. The van der Waals surface area contributed by atoms with Gasteiger partial charge in [-0.15, -0.1) is 5.10 Å². The number of hydrogen-bond acceptors (Lipinski definition) is 6. The summed E-state index contributed by atoms with van der Waals surface area (Å²) in [6.45, 7) is 1.37. The number of benzene rings is 2. The predicted octanol–water partition coefficient (Wildman–Crippen LogP) is 2.31. The first-order valence-electron chi connectivity index (χ1n) is 8.67. The number of carbonyl (C=O) groups excluding carboxylic acids is 2. The van der Waals surface area contributed by atoms with E-state index < -0.39 is 35.7 Å². The number of ether oxygens (including phenoxy) is 1. The van der Waals surface area contributed by atoms with Gasteiger partial charge < -0.3 is 10.1 Å². The molecule has 0 spiro atoms. The summed E-state index contributed by atoms with van der Waals surface area (Å²) in [7, 11) is 0. The first-order chi connectivity index (χ1) is 13.9. The Labute approximate surface area is 164 Å². The van der Waals surface area contributed by atoms with Crippen molar-refractivity contribution in [1.82, 2.24) is 20.2 Å². The number of nitrogens with zero attached hydrogens (tertiary/aromatic N) is 4. The normalized spacial score (nSPS) is 12.8. The number of aromatic nitrogens is 4. The molecule has 150 valence electrons. The number of rotatable bonds is 7. The Bertz CT molecular complexity index is 983. The lowest BCUT2D eigenvalue weighted by Crippen LogP contribution is -2.34. The smallest absolute Gasteiger partial charge is 0.332 e. The maximum Gasteiger partial charge on any atom is 0.332 e. The number of hydrogen-bond donors (Lipinski definition) is 1. The summed E-state index contributed by atoms with van der Waals surface area (Å²) >= 11 is 0. The van der Waals surface area contributed by atoms with Crippen molar-refractivity contribution < 1.29 is 23.1 Å². The summed E-state index contributed by atoms with van der Waals surface area (Å²) in [4.78, 5) is 24.9. The quantitative estimate of drug-likeness (QED) is 0.610. The van der Waals surface area contributed by atoms with Gasteiger partial charge in [0, 0.05) is 18.2 Å². The SMILES string of the molecule is C[C@H](OC(=O)[C@H](Cc1ccccc1)n1cnnn1)C(=O)Nc1ccc(F)c(F)c1. The van der Waals surface area contributed by atoms with Gasteiger partial charge in [-0.1, -0.05) is 30.3 Å². The van der Waals surface area contributed by atoms with Crippen LogP contribution in [0.2, 0.25) is 0 Å². The Kier molecular flexibility index (Phi) is 6.22. The molecule has 0 saturated heterocycles. The monoisotopic (exact) mass is 401 g/mol. The van der Waals surface area contributed by atoms with Crippen LogP contribution in [0.5, 0.6) is 0 Å². The van der Waals surface area contributed by atoms with Gasteiger partial charge in [-0.25, -0.2) is 18.3 Å². The number of esters is 1. The van der Waals surface area contributed by atoms with Gasteiger partial charge in [-0.05, 0) is 35.0 Å². The number of amides is 1. The van der Waals surface area contributed by atoms with Crippen molar-refractivity contribution in [3.63, 3.8) is 0 Å². The molecule has 0 aliphatic heterocycles. The Morgan fingerprint density at radius 2 is 1.90 bits per heavy atom. The van der Waals surface area contributed by atoms with Gasteiger partial charge in [0.1, 0.15) is 6.33 Å². The molecule has 0 bridgehead atoms. The summed E-state index contributed by atoms with van der Waals surface area (Å²) < 4.78 is 32.8. The third-order valence-electron chi connectivity index (χ3n) is 4.08. The fraction of sp³-hybridized carbons (Fsp3) is 0.211. The van der Waals surface area contributed by atoms with Gasteiger partial charge in [0.2, 0.25) is 0 Å². The molecule has 1 heterocycles. The Balaban J connectivity index is 1.67. The van der Waals surface area contributed by atoms with Crippen LogP contribution in [-0.2, 0) is 20.7 Å². The van der Waals surface area contributed by atoms with E-state index in [4.69, 9.17) is 4.74 Å². The molecule has 3 aromatic rings. The average Bonchev–Trinajstić information content (AvgIpc) is 3.24. The zero-order valence-electron chi connectivity index (χ0n) is 15.3. The van der Waals surface area contributed by atoms with Gasteiger partial charge in [0.25, 0.3) is 5.91 Å². The molecule has 0 aliphatic carbocycles. The summed E-state index contributed by atoms with van der Waals surface area (Å²) in [5.74, 6) is -3.55. The number of halogens is 2. The Morgan fingerprint density at radius 1 is 1.14 bits per heavy atom. The summed E-state index contributed by atoms with van der Waals surface area (Å²) in [5, 5.41) is 13.2. The summed E-state index contributed by atoms with van der Waals surface area (Å²) in [6.07, 6.45) is 0.341. The lowest BCUT2D eigenvalue weighted by molar-refractivity contribution is -0.156. The number of nitrogens with one attached hydrogen (secondary N) is 1. The van der Waals surface area contributed by atoms with Crippen LogP contribution in [0.3, 0.4) is 0 Å². The molecule has 1 aromatic heterocycles. The van der Waals surface area contributed by atoms with Crippen molar-refractivity contribution in [2.75, 3.05) is 5.32 Å². The summed E-state index contributed by atoms with van der Waals surface area (Å²) in [6, 6.07) is 11.2. The first kappa shape index (κ1) is 20.1. The fourth-order valence-electron chi connectivity index (χ4n) is 2.56. The molecule has 1 N–H and O–H groups in total. The van der Waals surface area contributed by atoms with E-state index in [9.17, 15) is 18.4 Å². The van der Waals surface area contributed by atoms with Gasteiger partial charge in [-0.2, -0.15) is 0 Å². The molecule has 1 amide bonds. The van der Waals surface area contributed by atoms with Crippen LogP contribution in [-0.4, -0.2) is 38.2 Å². The topological polar surface area (TPSA) is 99.0 Å². The molecular formula is C19H17F2N5O3. The maximum absolute atomic E-state index is 13.3. The molecule has 29 heavy (non-hydrogen) atoms. The van der Waals surface area contributed by atoms with Crippen LogP contribution in [0, 0.1) is 11.6 Å². The number of carbonyl (C=O) groups is 2. The van der Waals surface area contributed by atoms with Crippen LogP contribution in [0.1, 0.15) is 18.5 Å². The van der Waals surface area contributed by atoms with E-state index in [-0.39, 0.29) is 12.1 Å². The highest BCUT2D eigenvalue weighted by atomic mass is 19.2. The molecular weight excluding hydrogens is 384 g/mol. The van der Waals surface area contributed by atoms with E-state index >= 15 is 0 Å². The highest BCUT2D eigenvalue weighted by molar-refractivity contribution is 5.95. The van der Waals surface area contributed by atoms with E-state index in [0.29, 0.717) is 0 Å². The molecule has 2 aromatic carbocycles. The zero-order valence-corrected chi connectivity index (χ0v) is 15.3. The highest BCUT2D eigenvalue weighted by Gasteiger charge is 2.28. The van der Waals surface area contributed by atoms with Crippen molar-refractivity contribution in [2.45, 2.75) is 25.5 Å². The largest absolute Gasteiger partial charge is 0.451 e. The third kappa shape index (κ3) is 5.18. The van der Waals surface area contributed by atoms with Gasteiger partial charge in [0.15, 0.2) is 23.8 Å². The maximum atomic E-state index is 13.3. The van der Waals surface area contributed by atoms with Gasteiger partial charge in [-0.3, -0.25) is 4.79 Å². The minimum atomic E-state index is -1.19. The van der Waals surface area contributed by atoms with Crippen molar-refractivity contribution in [3.8, 4) is 0 Å². The van der Waals surface area contributed by atoms with Crippen molar-refractivity contribution in [2.24, 2.45) is 0 Å². The van der Waals surface area contributed by atoms with Crippen LogP contribution in [0.15, 0.2) is 54.9 Å². The second kappa shape index (κ2) is 9.00. The van der Waals surface area contributed by atoms with E-state index in [1.807, 2.05) is 30.3 Å². The van der Waals surface area contributed by atoms with E-state index in [1.54, 1.807) is 0 Å². The highest BCUT2D eigenvalue weighted by Crippen LogP contribution is 2.17. The number of tetrazole rings is 1. The zero-order chi connectivity index (χ0) is 20.8. The Morgan fingerprint density at radius 3 is 2.55 bits per heavy atom. The lowest BCUT2D eigenvalue weighted by Gasteiger charge is -2.19. The van der Waals surface area contributed by atoms with Crippen molar-refractivity contribution >= 4 is 17.6 Å². The van der Waals surface area contributed by atoms with Gasteiger partial charge >= 0.3 is 5.97 Å². The minimum Gasteiger partial charge on any atom is -0.451 e. The van der Waals surface area contributed by atoms with E-state index in [0.717, 1.165) is 17.7 Å². The van der Waals surface area contributed by atoms with E-state index in [1.165, 1.54) is 24.0 Å². The average molecular weight is 401 g/mol. The summed E-state index contributed by atoms with van der Waals surface area (Å²) in [5.41, 5.74) is 0.891. The van der Waals surface area contributed by atoms with Crippen LogP contribution in [0.4, 0.5) is 14.5 Å². The Hall–Kier alpha value is -3.69.